The molecule has 1 aromatic heterocycles. The van der Waals surface area contributed by atoms with E-state index in [9.17, 15) is 0 Å². The molecular formula is C33H22N2. The first kappa shape index (κ1) is 19.7. The molecule has 2 heteroatoms. The summed E-state index contributed by atoms with van der Waals surface area (Å²) in [7, 11) is 0. The van der Waals surface area contributed by atoms with Gasteiger partial charge in [-0.3, -0.25) is 4.57 Å². The van der Waals surface area contributed by atoms with Crippen molar-refractivity contribution in [2.75, 3.05) is 0 Å². The number of fused-ring (bicyclic) bond motifs is 3. The Morgan fingerprint density at radius 1 is 0.486 bits per heavy atom. The number of rotatable bonds is 3. The highest BCUT2D eigenvalue weighted by molar-refractivity contribution is 6.12. The molecule has 164 valence electrons. The molecule has 0 N–H and O–H groups in total. The molecule has 2 nitrogen and oxygen atoms in total. The maximum absolute atomic E-state index is 4.98. The Morgan fingerprint density at radius 3 is 1.80 bits per heavy atom. The maximum atomic E-state index is 4.98. The lowest BCUT2D eigenvalue weighted by Crippen LogP contribution is -1.97. The summed E-state index contributed by atoms with van der Waals surface area (Å²) < 4.78 is 2.26. The van der Waals surface area contributed by atoms with Crippen LogP contribution in [0.1, 0.15) is 0 Å². The van der Waals surface area contributed by atoms with Crippen molar-refractivity contribution in [1.82, 2.24) is 9.55 Å². The minimum Gasteiger partial charge on any atom is -0.292 e. The number of imidazole rings is 1. The average molecular weight is 447 g/mol. The molecule has 0 aliphatic heterocycles. The summed E-state index contributed by atoms with van der Waals surface area (Å²) in [5.74, 6) is 0.954. The Bertz CT molecular complexity index is 1770. The fourth-order valence-electron chi connectivity index (χ4n) is 5.17. The van der Waals surface area contributed by atoms with Crippen LogP contribution in [0.5, 0.6) is 0 Å². The first-order chi connectivity index (χ1) is 17.4. The van der Waals surface area contributed by atoms with E-state index in [0.29, 0.717) is 0 Å². The number of benzene rings is 6. The zero-order valence-electron chi connectivity index (χ0n) is 19.1. The molecule has 7 aromatic rings. The molecule has 0 aliphatic rings. The summed E-state index contributed by atoms with van der Waals surface area (Å²) in [5.41, 5.74) is 6.81. The van der Waals surface area contributed by atoms with E-state index in [-0.39, 0.29) is 0 Å². The Labute approximate surface area is 203 Å². The van der Waals surface area contributed by atoms with Crippen LogP contribution in [0.3, 0.4) is 0 Å². The molecule has 0 unspecified atom stereocenters. The van der Waals surface area contributed by atoms with Crippen LogP contribution in [0.15, 0.2) is 133 Å². The van der Waals surface area contributed by atoms with Gasteiger partial charge in [0, 0.05) is 11.3 Å². The summed E-state index contributed by atoms with van der Waals surface area (Å²) >= 11 is 0. The first-order valence-corrected chi connectivity index (χ1v) is 11.9. The lowest BCUT2D eigenvalue weighted by Gasteiger charge is -2.14. The number of aromatic nitrogens is 2. The zero-order chi connectivity index (χ0) is 23.2. The van der Waals surface area contributed by atoms with Crippen LogP contribution in [0.2, 0.25) is 0 Å². The van der Waals surface area contributed by atoms with Crippen LogP contribution in [0, 0.1) is 0 Å². The van der Waals surface area contributed by atoms with E-state index < -0.39 is 0 Å². The predicted molar refractivity (Wildman–Crippen MR) is 147 cm³/mol. The van der Waals surface area contributed by atoms with E-state index in [2.05, 4.69) is 126 Å². The van der Waals surface area contributed by atoms with E-state index in [1.165, 1.54) is 32.7 Å². The van der Waals surface area contributed by atoms with Crippen molar-refractivity contribution in [3.63, 3.8) is 0 Å². The third-order valence-corrected chi connectivity index (χ3v) is 6.78. The molecule has 0 atom stereocenters. The Balaban J connectivity index is 1.44. The van der Waals surface area contributed by atoms with Crippen LogP contribution in [0.25, 0.3) is 60.8 Å². The molecule has 1 heterocycles. The highest BCUT2D eigenvalue weighted by Gasteiger charge is 2.15. The lowest BCUT2D eigenvalue weighted by molar-refractivity contribution is 1.10. The highest BCUT2D eigenvalue weighted by atomic mass is 15.1. The van der Waals surface area contributed by atoms with Gasteiger partial charge in [-0.2, -0.15) is 0 Å². The molecule has 0 saturated carbocycles. The van der Waals surface area contributed by atoms with Gasteiger partial charge in [0.25, 0.3) is 0 Å². The van der Waals surface area contributed by atoms with Crippen molar-refractivity contribution in [3.05, 3.63) is 133 Å². The van der Waals surface area contributed by atoms with Gasteiger partial charge in [-0.05, 0) is 63.0 Å². The standard InChI is InChI=1S/C33H22N2/c1-2-10-24(11-3-1)33-34-30-16-8-9-17-31(30)35(33)27-20-18-23(19-21-27)32-28-14-6-4-12-25(28)22-26-13-5-7-15-29(26)32/h1-22H. The minimum atomic E-state index is 0.954. The van der Waals surface area contributed by atoms with E-state index >= 15 is 0 Å². The van der Waals surface area contributed by atoms with Crippen molar-refractivity contribution >= 4 is 32.6 Å². The normalized spacial score (nSPS) is 11.4. The number of nitrogens with zero attached hydrogens (tertiary/aromatic N) is 2. The Morgan fingerprint density at radius 2 is 1.09 bits per heavy atom. The second-order valence-corrected chi connectivity index (χ2v) is 8.87. The fraction of sp³-hybridized carbons (Fsp3) is 0. The van der Waals surface area contributed by atoms with Gasteiger partial charge in [-0.15, -0.1) is 0 Å². The SMILES string of the molecule is c1ccc(-c2nc3ccccc3n2-c2ccc(-c3c4ccccc4cc4ccccc34)cc2)cc1. The highest BCUT2D eigenvalue weighted by Crippen LogP contribution is 2.37. The third kappa shape index (κ3) is 3.23. The average Bonchev–Trinajstić information content (AvgIpc) is 3.32. The molecule has 7 rings (SSSR count). The minimum absolute atomic E-state index is 0.954. The maximum Gasteiger partial charge on any atom is 0.145 e. The zero-order valence-corrected chi connectivity index (χ0v) is 19.1. The molecule has 0 saturated heterocycles. The van der Waals surface area contributed by atoms with Gasteiger partial charge in [-0.1, -0.05) is 103 Å². The van der Waals surface area contributed by atoms with Crippen molar-refractivity contribution in [2.24, 2.45) is 0 Å². The summed E-state index contributed by atoms with van der Waals surface area (Å²) in [6.45, 7) is 0. The molecule has 0 spiro atoms. The van der Waals surface area contributed by atoms with Crippen molar-refractivity contribution < 1.29 is 0 Å². The Kier molecular flexibility index (Phi) is 4.49. The van der Waals surface area contributed by atoms with Gasteiger partial charge >= 0.3 is 0 Å². The summed E-state index contributed by atoms with van der Waals surface area (Å²) in [4.78, 5) is 4.98. The van der Waals surface area contributed by atoms with Crippen molar-refractivity contribution in [3.8, 4) is 28.2 Å². The second-order valence-electron chi connectivity index (χ2n) is 8.87. The molecular weight excluding hydrogens is 424 g/mol. The fourth-order valence-corrected chi connectivity index (χ4v) is 5.17. The third-order valence-electron chi connectivity index (χ3n) is 6.78. The molecule has 0 aliphatic carbocycles. The van der Waals surface area contributed by atoms with Gasteiger partial charge in [0.1, 0.15) is 5.82 Å². The number of hydrogen-bond donors (Lipinski definition) is 0. The summed E-state index contributed by atoms with van der Waals surface area (Å²) in [6.07, 6.45) is 0. The molecule has 6 aromatic carbocycles. The largest absolute Gasteiger partial charge is 0.292 e. The van der Waals surface area contributed by atoms with Gasteiger partial charge in [0.15, 0.2) is 0 Å². The summed E-state index contributed by atoms with van der Waals surface area (Å²) in [5, 5.41) is 5.07. The Hall–Kier alpha value is -4.69. The van der Waals surface area contributed by atoms with Crippen LogP contribution in [-0.2, 0) is 0 Å². The van der Waals surface area contributed by atoms with Crippen LogP contribution in [0.4, 0.5) is 0 Å². The van der Waals surface area contributed by atoms with Crippen molar-refractivity contribution in [1.29, 1.82) is 0 Å². The van der Waals surface area contributed by atoms with E-state index in [0.717, 1.165) is 28.1 Å². The van der Waals surface area contributed by atoms with E-state index in [4.69, 9.17) is 4.98 Å². The smallest absolute Gasteiger partial charge is 0.145 e. The van der Waals surface area contributed by atoms with Gasteiger partial charge in [0.2, 0.25) is 0 Å². The molecule has 0 bridgehead atoms. The van der Waals surface area contributed by atoms with Crippen molar-refractivity contribution in [2.45, 2.75) is 0 Å². The van der Waals surface area contributed by atoms with Crippen LogP contribution >= 0.6 is 0 Å². The molecule has 35 heavy (non-hydrogen) atoms. The van der Waals surface area contributed by atoms with Gasteiger partial charge in [-0.25, -0.2) is 4.98 Å². The van der Waals surface area contributed by atoms with E-state index in [1.54, 1.807) is 0 Å². The lowest BCUT2D eigenvalue weighted by atomic mass is 9.92. The number of para-hydroxylation sites is 2. The second kappa shape index (κ2) is 7.96. The summed E-state index contributed by atoms with van der Waals surface area (Å²) in [6, 6.07) is 47.3. The molecule has 0 fully saturated rings. The molecule has 0 radical (unpaired) electrons. The van der Waals surface area contributed by atoms with Crippen LogP contribution < -0.4 is 0 Å². The monoisotopic (exact) mass is 446 g/mol. The predicted octanol–water partition coefficient (Wildman–Crippen LogP) is 8.67. The van der Waals surface area contributed by atoms with Crippen LogP contribution in [-0.4, -0.2) is 9.55 Å². The van der Waals surface area contributed by atoms with Gasteiger partial charge < -0.3 is 0 Å². The number of hydrogen-bond acceptors (Lipinski definition) is 1. The van der Waals surface area contributed by atoms with E-state index in [1.807, 2.05) is 12.1 Å². The quantitative estimate of drug-likeness (QED) is 0.248. The topological polar surface area (TPSA) is 17.8 Å². The molecule has 0 amide bonds. The first-order valence-electron chi connectivity index (χ1n) is 11.9. The van der Waals surface area contributed by atoms with Gasteiger partial charge in [0.05, 0.1) is 11.0 Å².